The van der Waals surface area contributed by atoms with Crippen molar-refractivity contribution in [2.45, 2.75) is 25.8 Å². The minimum atomic E-state index is -0.811. The first kappa shape index (κ1) is 15.2. The van der Waals surface area contributed by atoms with Crippen LogP contribution in [0.1, 0.15) is 30.1 Å². The van der Waals surface area contributed by atoms with Crippen LogP contribution < -0.4 is 16.0 Å². The third kappa shape index (κ3) is 3.68. The third-order valence-electron chi connectivity index (χ3n) is 3.17. The van der Waals surface area contributed by atoms with E-state index in [0.717, 1.165) is 18.6 Å². The molecule has 5 nitrogen and oxygen atoms in total. The van der Waals surface area contributed by atoms with E-state index >= 15 is 0 Å². The van der Waals surface area contributed by atoms with Crippen molar-refractivity contribution in [1.29, 1.82) is 0 Å². The van der Waals surface area contributed by atoms with Gasteiger partial charge in [0, 0.05) is 25.1 Å². The average molecular weight is 297 g/mol. The van der Waals surface area contributed by atoms with Crippen LogP contribution in [0.5, 0.6) is 0 Å². The normalized spacial score (nSPS) is 17.5. The molecule has 0 bridgehead atoms. The molecule has 0 spiro atoms. The number of hydrogen-bond donors (Lipinski definition) is 3. The SMILES string of the molecule is CCCNc1c(F)cc(C(=O)NC2CNC(=O)C2)cc1F. The van der Waals surface area contributed by atoms with E-state index in [1.807, 2.05) is 6.92 Å². The average Bonchev–Trinajstić information content (AvgIpc) is 2.83. The van der Waals surface area contributed by atoms with Gasteiger partial charge < -0.3 is 16.0 Å². The van der Waals surface area contributed by atoms with Crippen molar-refractivity contribution in [3.8, 4) is 0 Å². The molecule has 2 amide bonds. The standard InChI is InChI=1S/C14H17F2N3O2/c1-2-3-17-13-10(15)4-8(5-11(13)16)14(21)19-9-6-12(20)18-7-9/h4-5,9,17H,2-3,6-7H2,1H3,(H,18,20)(H,19,21). The lowest BCUT2D eigenvalue weighted by atomic mass is 10.1. The number of benzene rings is 1. The van der Waals surface area contributed by atoms with Crippen molar-refractivity contribution in [3.05, 3.63) is 29.3 Å². The summed E-state index contributed by atoms with van der Waals surface area (Å²) in [5, 5.41) is 7.78. The van der Waals surface area contributed by atoms with E-state index in [1.54, 1.807) is 0 Å². The Labute approximate surface area is 121 Å². The third-order valence-corrected chi connectivity index (χ3v) is 3.17. The first-order valence-electron chi connectivity index (χ1n) is 6.81. The van der Waals surface area contributed by atoms with Gasteiger partial charge in [-0.15, -0.1) is 0 Å². The lowest BCUT2D eigenvalue weighted by molar-refractivity contribution is -0.119. The van der Waals surface area contributed by atoms with Gasteiger partial charge in [-0.05, 0) is 18.6 Å². The lowest BCUT2D eigenvalue weighted by Crippen LogP contribution is -2.36. The second kappa shape index (κ2) is 6.51. The molecule has 0 aliphatic carbocycles. The quantitative estimate of drug-likeness (QED) is 0.769. The van der Waals surface area contributed by atoms with Crippen LogP contribution in [0.3, 0.4) is 0 Å². The zero-order chi connectivity index (χ0) is 15.4. The van der Waals surface area contributed by atoms with Crippen LogP contribution in [0.15, 0.2) is 12.1 Å². The lowest BCUT2D eigenvalue weighted by Gasteiger charge is -2.12. The highest BCUT2D eigenvalue weighted by molar-refractivity contribution is 5.95. The summed E-state index contributed by atoms with van der Waals surface area (Å²) in [6.07, 6.45) is 0.899. The molecule has 1 unspecified atom stereocenters. The van der Waals surface area contributed by atoms with Crippen LogP contribution in [0.25, 0.3) is 0 Å². The molecular weight excluding hydrogens is 280 g/mol. The number of rotatable bonds is 5. The monoisotopic (exact) mass is 297 g/mol. The van der Waals surface area contributed by atoms with Gasteiger partial charge in [0.25, 0.3) is 5.91 Å². The van der Waals surface area contributed by atoms with Gasteiger partial charge in [-0.2, -0.15) is 0 Å². The predicted molar refractivity (Wildman–Crippen MR) is 74.0 cm³/mol. The van der Waals surface area contributed by atoms with Crippen LogP contribution in [-0.4, -0.2) is 30.9 Å². The molecule has 3 N–H and O–H groups in total. The summed E-state index contributed by atoms with van der Waals surface area (Å²) in [6.45, 7) is 2.64. The highest BCUT2D eigenvalue weighted by atomic mass is 19.1. The molecule has 1 aromatic carbocycles. The molecule has 1 saturated heterocycles. The maximum atomic E-state index is 13.8. The van der Waals surface area contributed by atoms with Crippen LogP contribution in [0, 0.1) is 11.6 Å². The molecule has 1 aliphatic rings. The molecule has 1 aromatic rings. The molecule has 0 radical (unpaired) electrons. The second-order valence-corrected chi connectivity index (χ2v) is 4.92. The molecule has 2 rings (SSSR count). The molecule has 0 aromatic heterocycles. The van der Waals surface area contributed by atoms with Crippen molar-refractivity contribution in [2.24, 2.45) is 0 Å². The van der Waals surface area contributed by atoms with Crippen LogP contribution >= 0.6 is 0 Å². The second-order valence-electron chi connectivity index (χ2n) is 4.92. The maximum absolute atomic E-state index is 13.8. The molecule has 0 saturated carbocycles. The Balaban J connectivity index is 2.09. The fourth-order valence-electron chi connectivity index (χ4n) is 2.10. The van der Waals surface area contributed by atoms with Crippen LogP contribution in [0.4, 0.5) is 14.5 Å². The summed E-state index contributed by atoms with van der Waals surface area (Å²) < 4.78 is 27.6. The first-order chi connectivity index (χ1) is 10.0. The molecule has 1 heterocycles. The van der Waals surface area contributed by atoms with Crippen molar-refractivity contribution in [2.75, 3.05) is 18.4 Å². The van der Waals surface area contributed by atoms with Crippen LogP contribution in [0.2, 0.25) is 0 Å². The number of hydrogen-bond acceptors (Lipinski definition) is 3. The Morgan fingerprint density at radius 1 is 1.38 bits per heavy atom. The Morgan fingerprint density at radius 3 is 2.57 bits per heavy atom. The molecule has 7 heteroatoms. The molecule has 1 fully saturated rings. The number of nitrogens with one attached hydrogen (secondary N) is 3. The highest BCUT2D eigenvalue weighted by Gasteiger charge is 2.24. The van der Waals surface area contributed by atoms with Gasteiger partial charge in [0.2, 0.25) is 5.91 Å². The summed E-state index contributed by atoms with van der Waals surface area (Å²) in [5.41, 5.74) is -0.336. The number of carbonyl (C=O) groups is 2. The van der Waals surface area contributed by atoms with E-state index in [0.29, 0.717) is 13.1 Å². The summed E-state index contributed by atoms with van der Waals surface area (Å²) in [7, 11) is 0. The van der Waals surface area contributed by atoms with E-state index in [2.05, 4.69) is 16.0 Å². The Kier molecular flexibility index (Phi) is 4.72. The zero-order valence-corrected chi connectivity index (χ0v) is 11.6. The molecular formula is C14H17F2N3O2. The van der Waals surface area contributed by atoms with Gasteiger partial charge in [-0.25, -0.2) is 8.78 Å². The minimum absolute atomic E-state index is 0.105. The Bertz CT molecular complexity index is 540. The first-order valence-corrected chi connectivity index (χ1v) is 6.81. The van der Waals surface area contributed by atoms with Gasteiger partial charge in [-0.1, -0.05) is 6.92 Å². The Morgan fingerprint density at radius 2 is 2.05 bits per heavy atom. The van der Waals surface area contributed by atoms with E-state index in [9.17, 15) is 18.4 Å². The van der Waals surface area contributed by atoms with E-state index < -0.39 is 17.5 Å². The fraction of sp³-hybridized carbons (Fsp3) is 0.429. The van der Waals surface area contributed by atoms with Crippen molar-refractivity contribution < 1.29 is 18.4 Å². The molecule has 1 aliphatic heterocycles. The van der Waals surface area contributed by atoms with Gasteiger partial charge in [-0.3, -0.25) is 9.59 Å². The summed E-state index contributed by atoms with van der Waals surface area (Å²) >= 11 is 0. The predicted octanol–water partition coefficient (Wildman–Crippen LogP) is 1.40. The van der Waals surface area contributed by atoms with E-state index in [4.69, 9.17) is 0 Å². The molecule has 21 heavy (non-hydrogen) atoms. The maximum Gasteiger partial charge on any atom is 0.251 e. The number of carbonyl (C=O) groups excluding carboxylic acids is 2. The summed E-state index contributed by atoms with van der Waals surface area (Å²) in [6, 6.07) is 1.62. The fourth-order valence-corrected chi connectivity index (χ4v) is 2.10. The van der Waals surface area contributed by atoms with Gasteiger partial charge in [0.15, 0.2) is 0 Å². The summed E-state index contributed by atoms with van der Waals surface area (Å²) in [4.78, 5) is 23.0. The van der Waals surface area contributed by atoms with Gasteiger partial charge >= 0.3 is 0 Å². The molecule has 114 valence electrons. The van der Waals surface area contributed by atoms with Crippen molar-refractivity contribution in [1.82, 2.24) is 10.6 Å². The van der Waals surface area contributed by atoms with E-state index in [1.165, 1.54) is 0 Å². The number of amides is 2. The molecule has 1 atom stereocenters. The van der Waals surface area contributed by atoms with Crippen molar-refractivity contribution in [3.63, 3.8) is 0 Å². The smallest absolute Gasteiger partial charge is 0.251 e. The zero-order valence-electron chi connectivity index (χ0n) is 11.6. The van der Waals surface area contributed by atoms with E-state index in [-0.39, 0.29) is 29.6 Å². The van der Waals surface area contributed by atoms with Crippen molar-refractivity contribution >= 4 is 17.5 Å². The van der Waals surface area contributed by atoms with Gasteiger partial charge in [0.1, 0.15) is 17.3 Å². The Hall–Kier alpha value is -2.18. The highest BCUT2D eigenvalue weighted by Crippen LogP contribution is 2.21. The van der Waals surface area contributed by atoms with Gasteiger partial charge in [0.05, 0.1) is 6.04 Å². The van der Waals surface area contributed by atoms with Crippen LogP contribution in [-0.2, 0) is 4.79 Å². The largest absolute Gasteiger partial charge is 0.380 e. The number of halogens is 2. The minimum Gasteiger partial charge on any atom is -0.380 e. The topological polar surface area (TPSA) is 70.2 Å². The summed E-state index contributed by atoms with van der Waals surface area (Å²) in [5.74, 6) is -2.38. The number of anilines is 1.